The first-order chi connectivity index (χ1) is 7.70. The van der Waals surface area contributed by atoms with Crippen LogP contribution in [0.25, 0.3) is 5.69 Å². The van der Waals surface area contributed by atoms with Gasteiger partial charge < -0.3 is 5.32 Å². The Morgan fingerprint density at radius 2 is 2.06 bits per heavy atom. The molecule has 0 radical (unpaired) electrons. The molecule has 16 heavy (non-hydrogen) atoms. The molecular formula is C11H11ClFN3. The van der Waals surface area contributed by atoms with Gasteiger partial charge in [-0.25, -0.2) is 9.07 Å². The smallest absolute Gasteiger partial charge is 0.123 e. The Hall–Kier alpha value is -1.39. The van der Waals surface area contributed by atoms with Crippen molar-refractivity contribution in [1.29, 1.82) is 0 Å². The maximum Gasteiger partial charge on any atom is 0.123 e. The fraction of sp³-hybridized carbons (Fsp3) is 0.182. The van der Waals surface area contributed by atoms with E-state index in [4.69, 9.17) is 11.6 Å². The van der Waals surface area contributed by atoms with Crippen LogP contribution in [0.3, 0.4) is 0 Å². The molecule has 2 rings (SSSR count). The van der Waals surface area contributed by atoms with Gasteiger partial charge in [0.05, 0.1) is 16.4 Å². The Kier molecular flexibility index (Phi) is 3.22. The average molecular weight is 240 g/mol. The Balaban J connectivity index is 2.33. The van der Waals surface area contributed by atoms with Crippen LogP contribution in [-0.4, -0.2) is 16.8 Å². The van der Waals surface area contributed by atoms with Crippen LogP contribution in [0.1, 0.15) is 5.69 Å². The number of nitrogens with one attached hydrogen (secondary N) is 1. The molecule has 0 aliphatic rings. The van der Waals surface area contributed by atoms with E-state index in [1.54, 1.807) is 23.0 Å². The summed E-state index contributed by atoms with van der Waals surface area (Å²) in [4.78, 5) is 0. The molecule has 1 N–H and O–H groups in total. The van der Waals surface area contributed by atoms with Crippen LogP contribution >= 0.6 is 11.6 Å². The fourth-order valence-electron chi connectivity index (χ4n) is 1.40. The molecule has 0 aliphatic carbocycles. The van der Waals surface area contributed by atoms with Crippen molar-refractivity contribution in [2.45, 2.75) is 6.54 Å². The van der Waals surface area contributed by atoms with Gasteiger partial charge in [-0.15, -0.1) is 0 Å². The Morgan fingerprint density at radius 1 is 1.38 bits per heavy atom. The van der Waals surface area contributed by atoms with E-state index in [1.807, 2.05) is 7.05 Å². The molecule has 1 aromatic heterocycles. The minimum absolute atomic E-state index is 0.266. The first-order valence-corrected chi connectivity index (χ1v) is 5.23. The van der Waals surface area contributed by atoms with E-state index in [1.165, 1.54) is 12.1 Å². The largest absolute Gasteiger partial charge is 0.314 e. The van der Waals surface area contributed by atoms with E-state index in [-0.39, 0.29) is 5.82 Å². The van der Waals surface area contributed by atoms with Crippen LogP contribution in [0.4, 0.5) is 4.39 Å². The summed E-state index contributed by atoms with van der Waals surface area (Å²) in [5.74, 6) is -0.266. The third-order valence-corrected chi connectivity index (χ3v) is 2.49. The second kappa shape index (κ2) is 4.63. The summed E-state index contributed by atoms with van der Waals surface area (Å²) in [7, 11) is 1.83. The number of hydrogen-bond donors (Lipinski definition) is 1. The van der Waals surface area contributed by atoms with Crippen molar-refractivity contribution in [3.8, 4) is 5.69 Å². The first-order valence-electron chi connectivity index (χ1n) is 4.85. The standard InChI is InChI=1S/C11H11ClFN3/c1-14-6-11-10(12)7-16(15-11)9-4-2-8(13)3-5-9/h2-5,7,14H,6H2,1H3. The monoisotopic (exact) mass is 239 g/mol. The molecule has 0 spiro atoms. The summed E-state index contributed by atoms with van der Waals surface area (Å²) in [6.45, 7) is 0.604. The quantitative estimate of drug-likeness (QED) is 0.891. The van der Waals surface area contributed by atoms with Crippen LogP contribution in [-0.2, 0) is 6.54 Å². The Labute approximate surface area is 97.8 Å². The van der Waals surface area contributed by atoms with Crippen LogP contribution in [0.5, 0.6) is 0 Å². The highest BCUT2D eigenvalue weighted by molar-refractivity contribution is 6.31. The summed E-state index contributed by atoms with van der Waals surface area (Å²) < 4.78 is 14.4. The highest BCUT2D eigenvalue weighted by atomic mass is 35.5. The molecule has 0 unspecified atom stereocenters. The molecular weight excluding hydrogens is 229 g/mol. The van der Waals surface area contributed by atoms with E-state index in [2.05, 4.69) is 10.4 Å². The van der Waals surface area contributed by atoms with Crippen molar-refractivity contribution in [2.24, 2.45) is 0 Å². The summed E-state index contributed by atoms with van der Waals surface area (Å²) in [5.41, 5.74) is 1.55. The molecule has 2 aromatic rings. The van der Waals surface area contributed by atoms with E-state index in [9.17, 15) is 4.39 Å². The second-order valence-corrected chi connectivity index (χ2v) is 3.78. The third kappa shape index (κ3) is 2.23. The zero-order chi connectivity index (χ0) is 11.5. The van der Waals surface area contributed by atoms with Crippen molar-refractivity contribution in [3.63, 3.8) is 0 Å². The van der Waals surface area contributed by atoms with Gasteiger partial charge >= 0.3 is 0 Å². The molecule has 0 amide bonds. The molecule has 0 bridgehead atoms. The molecule has 1 heterocycles. The second-order valence-electron chi connectivity index (χ2n) is 3.38. The lowest BCUT2D eigenvalue weighted by atomic mass is 10.3. The van der Waals surface area contributed by atoms with Gasteiger partial charge in [-0.3, -0.25) is 0 Å². The van der Waals surface area contributed by atoms with Gasteiger partial charge in [0.2, 0.25) is 0 Å². The summed E-state index contributed by atoms with van der Waals surface area (Å²) in [6, 6.07) is 6.09. The molecule has 0 atom stereocenters. The molecule has 0 aliphatic heterocycles. The first kappa shape index (κ1) is 11.1. The maximum absolute atomic E-state index is 12.7. The van der Waals surface area contributed by atoms with Crippen LogP contribution in [0, 0.1) is 5.82 Å². The van der Waals surface area contributed by atoms with Gasteiger partial charge in [0.25, 0.3) is 0 Å². The number of benzene rings is 1. The van der Waals surface area contributed by atoms with Gasteiger partial charge in [0.1, 0.15) is 5.82 Å². The van der Waals surface area contributed by atoms with Gasteiger partial charge in [-0.2, -0.15) is 5.10 Å². The van der Waals surface area contributed by atoms with Crippen molar-refractivity contribution in [2.75, 3.05) is 7.05 Å². The average Bonchev–Trinajstić information content (AvgIpc) is 2.62. The number of rotatable bonds is 3. The van der Waals surface area contributed by atoms with E-state index >= 15 is 0 Å². The number of nitrogens with zero attached hydrogens (tertiary/aromatic N) is 2. The topological polar surface area (TPSA) is 29.9 Å². The van der Waals surface area contributed by atoms with E-state index in [0.29, 0.717) is 11.6 Å². The highest BCUT2D eigenvalue weighted by Crippen LogP contribution is 2.17. The lowest BCUT2D eigenvalue weighted by Crippen LogP contribution is -2.06. The van der Waals surface area contributed by atoms with Gasteiger partial charge in [-0.1, -0.05) is 11.6 Å². The summed E-state index contributed by atoms with van der Waals surface area (Å²) >= 11 is 6.01. The molecule has 0 saturated carbocycles. The maximum atomic E-state index is 12.7. The predicted molar refractivity (Wildman–Crippen MR) is 61.3 cm³/mol. The number of aromatic nitrogens is 2. The van der Waals surface area contributed by atoms with Crippen molar-refractivity contribution in [1.82, 2.24) is 15.1 Å². The van der Waals surface area contributed by atoms with E-state index in [0.717, 1.165) is 11.4 Å². The van der Waals surface area contributed by atoms with Crippen LogP contribution in [0.2, 0.25) is 5.02 Å². The minimum atomic E-state index is -0.266. The fourth-order valence-corrected chi connectivity index (χ4v) is 1.60. The minimum Gasteiger partial charge on any atom is -0.314 e. The van der Waals surface area contributed by atoms with Gasteiger partial charge in [-0.05, 0) is 31.3 Å². The normalized spacial score (nSPS) is 10.7. The van der Waals surface area contributed by atoms with E-state index < -0.39 is 0 Å². The van der Waals surface area contributed by atoms with Crippen molar-refractivity contribution >= 4 is 11.6 Å². The number of halogens is 2. The van der Waals surface area contributed by atoms with Gasteiger partial charge in [0.15, 0.2) is 0 Å². The molecule has 3 nitrogen and oxygen atoms in total. The Bertz CT molecular complexity index is 478. The lowest BCUT2D eigenvalue weighted by Gasteiger charge is -2.00. The molecule has 1 aromatic carbocycles. The zero-order valence-corrected chi connectivity index (χ0v) is 9.50. The molecule has 5 heteroatoms. The zero-order valence-electron chi connectivity index (χ0n) is 8.74. The predicted octanol–water partition coefficient (Wildman–Crippen LogP) is 2.38. The summed E-state index contributed by atoms with van der Waals surface area (Å²) in [5, 5.41) is 7.87. The number of hydrogen-bond acceptors (Lipinski definition) is 2. The van der Waals surface area contributed by atoms with Crippen molar-refractivity contribution < 1.29 is 4.39 Å². The van der Waals surface area contributed by atoms with Crippen molar-refractivity contribution in [3.05, 3.63) is 47.0 Å². The highest BCUT2D eigenvalue weighted by Gasteiger charge is 2.07. The summed E-state index contributed by atoms with van der Waals surface area (Å²) in [6.07, 6.45) is 1.71. The third-order valence-electron chi connectivity index (χ3n) is 2.18. The SMILES string of the molecule is CNCc1nn(-c2ccc(F)cc2)cc1Cl. The van der Waals surface area contributed by atoms with Gasteiger partial charge in [0, 0.05) is 12.7 Å². The van der Waals surface area contributed by atoms with Crippen LogP contribution < -0.4 is 5.32 Å². The molecule has 0 saturated heterocycles. The lowest BCUT2D eigenvalue weighted by molar-refractivity contribution is 0.627. The Morgan fingerprint density at radius 3 is 2.69 bits per heavy atom. The van der Waals surface area contributed by atoms with Crippen LogP contribution in [0.15, 0.2) is 30.5 Å². The molecule has 84 valence electrons. The molecule has 0 fully saturated rings.